The first kappa shape index (κ1) is 11.8. The zero-order valence-corrected chi connectivity index (χ0v) is 11.2. The summed E-state index contributed by atoms with van der Waals surface area (Å²) in [5, 5.41) is 12.1. The Labute approximate surface area is 108 Å². The van der Waals surface area contributed by atoms with Crippen molar-refractivity contribution < 1.29 is 5.11 Å². The molecule has 0 amide bonds. The molecule has 0 aliphatic rings. The van der Waals surface area contributed by atoms with Gasteiger partial charge in [-0.25, -0.2) is 0 Å². The molecule has 1 N–H and O–H groups in total. The highest BCUT2D eigenvalue weighted by atomic mass is 79.9. The highest BCUT2D eigenvalue weighted by Gasteiger charge is 2.08. The van der Waals surface area contributed by atoms with Gasteiger partial charge in [0.05, 0.1) is 6.10 Å². The van der Waals surface area contributed by atoms with Crippen molar-refractivity contribution in [2.75, 3.05) is 0 Å². The van der Waals surface area contributed by atoms with Crippen LogP contribution in [0, 0.1) is 0 Å². The number of aryl methyl sites for hydroxylation is 1. The van der Waals surface area contributed by atoms with Crippen molar-refractivity contribution in [3.05, 3.63) is 56.7 Å². The lowest BCUT2D eigenvalue weighted by atomic mass is 10.0. The summed E-state index contributed by atoms with van der Waals surface area (Å²) in [5.74, 6) is 0. The van der Waals surface area contributed by atoms with Gasteiger partial charge in [0.1, 0.15) is 0 Å². The number of halogens is 1. The maximum atomic E-state index is 10.0. The molecule has 0 saturated heterocycles. The molecule has 1 heterocycles. The maximum Gasteiger partial charge on any atom is 0.0793 e. The van der Waals surface area contributed by atoms with Crippen LogP contribution in [0.4, 0.5) is 0 Å². The van der Waals surface area contributed by atoms with E-state index in [4.69, 9.17) is 0 Å². The van der Waals surface area contributed by atoms with Gasteiger partial charge in [0.15, 0.2) is 0 Å². The molecule has 1 unspecified atom stereocenters. The van der Waals surface area contributed by atoms with Crippen LogP contribution in [0.2, 0.25) is 0 Å². The van der Waals surface area contributed by atoms with E-state index in [0.29, 0.717) is 0 Å². The van der Waals surface area contributed by atoms with Crippen molar-refractivity contribution in [2.24, 2.45) is 0 Å². The minimum Gasteiger partial charge on any atom is -0.388 e. The van der Waals surface area contributed by atoms with E-state index in [0.717, 1.165) is 22.9 Å². The van der Waals surface area contributed by atoms with Crippen molar-refractivity contribution >= 4 is 27.3 Å². The molecule has 0 saturated carbocycles. The average Bonchev–Trinajstić information content (AvgIpc) is 2.78. The molecule has 0 spiro atoms. The van der Waals surface area contributed by atoms with Crippen molar-refractivity contribution in [3.8, 4) is 0 Å². The van der Waals surface area contributed by atoms with Crippen LogP contribution in [-0.2, 0) is 6.42 Å². The minimum atomic E-state index is -0.375. The second kappa shape index (κ2) is 5.62. The fraction of sp³-hybridized carbons (Fsp3) is 0.231. The molecule has 1 atom stereocenters. The molecule has 0 aliphatic heterocycles. The van der Waals surface area contributed by atoms with Crippen molar-refractivity contribution in [1.29, 1.82) is 0 Å². The molecule has 2 rings (SSSR count). The van der Waals surface area contributed by atoms with Crippen LogP contribution in [0.25, 0.3) is 0 Å². The lowest BCUT2D eigenvalue weighted by Crippen LogP contribution is -1.98. The van der Waals surface area contributed by atoms with Gasteiger partial charge in [-0.3, -0.25) is 0 Å². The Bertz CT molecular complexity index is 439. The highest BCUT2D eigenvalue weighted by Crippen LogP contribution is 2.23. The van der Waals surface area contributed by atoms with Gasteiger partial charge in [-0.2, -0.15) is 0 Å². The summed E-state index contributed by atoms with van der Waals surface area (Å²) in [4.78, 5) is 1.33. The lowest BCUT2D eigenvalue weighted by molar-refractivity contribution is 0.168. The first-order valence-corrected chi connectivity index (χ1v) is 6.89. The van der Waals surface area contributed by atoms with Crippen LogP contribution >= 0.6 is 27.3 Å². The summed E-state index contributed by atoms with van der Waals surface area (Å²) in [6, 6.07) is 12.0. The number of benzene rings is 1. The van der Waals surface area contributed by atoms with E-state index in [1.807, 2.05) is 30.3 Å². The monoisotopic (exact) mass is 296 g/mol. The number of aliphatic hydroxyl groups is 1. The Morgan fingerprint density at radius 2 is 2.12 bits per heavy atom. The Morgan fingerprint density at radius 3 is 2.81 bits per heavy atom. The third kappa shape index (κ3) is 3.17. The second-order valence-corrected chi connectivity index (χ2v) is 5.64. The molecule has 0 fully saturated rings. The van der Waals surface area contributed by atoms with Gasteiger partial charge in [0.2, 0.25) is 0 Å². The van der Waals surface area contributed by atoms with Gasteiger partial charge in [0.25, 0.3) is 0 Å². The van der Waals surface area contributed by atoms with Crippen LogP contribution in [0.1, 0.15) is 23.0 Å². The SMILES string of the molecule is OC(CCc1cccs1)c1cccc(Br)c1. The zero-order valence-electron chi connectivity index (χ0n) is 8.77. The van der Waals surface area contributed by atoms with Crippen molar-refractivity contribution in [2.45, 2.75) is 18.9 Å². The third-order valence-corrected chi connectivity index (χ3v) is 3.91. The molecule has 0 aliphatic carbocycles. The standard InChI is InChI=1S/C13H13BrOS/c14-11-4-1-3-10(9-11)13(15)7-6-12-5-2-8-16-12/h1-5,8-9,13,15H,6-7H2. The summed E-state index contributed by atoms with van der Waals surface area (Å²) in [7, 11) is 0. The normalized spacial score (nSPS) is 12.6. The Balaban J connectivity index is 1.95. The molecule has 16 heavy (non-hydrogen) atoms. The van der Waals surface area contributed by atoms with Crippen LogP contribution in [0.3, 0.4) is 0 Å². The van der Waals surface area contributed by atoms with Gasteiger partial charge in [-0.15, -0.1) is 11.3 Å². The summed E-state index contributed by atoms with van der Waals surface area (Å²) in [6.45, 7) is 0. The third-order valence-electron chi connectivity index (χ3n) is 2.48. The number of hydrogen-bond donors (Lipinski definition) is 1. The Hall–Kier alpha value is -0.640. The topological polar surface area (TPSA) is 20.2 Å². The van der Waals surface area contributed by atoms with Gasteiger partial charge in [-0.05, 0) is 42.0 Å². The van der Waals surface area contributed by atoms with E-state index >= 15 is 0 Å². The van der Waals surface area contributed by atoms with E-state index in [9.17, 15) is 5.11 Å². The molecule has 84 valence electrons. The molecule has 1 aromatic heterocycles. The Kier molecular flexibility index (Phi) is 4.16. The fourth-order valence-electron chi connectivity index (χ4n) is 1.61. The molecule has 0 radical (unpaired) electrons. The fourth-order valence-corrected chi connectivity index (χ4v) is 2.76. The van der Waals surface area contributed by atoms with Crippen molar-refractivity contribution in [1.82, 2.24) is 0 Å². The van der Waals surface area contributed by atoms with Gasteiger partial charge < -0.3 is 5.11 Å². The molecular weight excluding hydrogens is 284 g/mol. The van der Waals surface area contributed by atoms with Crippen LogP contribution < -0.4 is 0 Å². The summed E-state index contributed by atoms with van der Waals surface area (Å²) < 4.78 is 1.01. The number of aliphatic hydroxyl groups excluding tert-OH is 1. The van der Waals surface area contributed by atoms with Gasteiger partial charge >= 0.3 is 0 Å². The predicted molar refractivity (Wildman–Crippen MR) is 71.7 cm³/mol. The second-order valence-electron chi connectivity index (χ2n) is 3.69. The number of rotatable bonds is 4. The first-order valence-electron chi connectivity index (χ1n) is 5.21. The predicted octanol–water partition coefficient (Wildman–Crippen LogP) is 4.18. The molecule has 3 heteroatoms. The molecular formula is C13H13BrOS. The summed E-state index contributed by atoms with van der Waals surface area (Å²) in [6.07, 6.45) is 1.34. The minimum absolute atomic E-state index is 0.375. The zero-order chi connectivity index (χ0) is 11.4. The highest BCUT2D eigenvalue weighted by molar-refractivity contribution is 9.10. The Morgan fingerprint density at radius 1 is 1.25 bits per heavy atom. The van der Waals surface area contributed by atoms with E-state index < -0.39 is 0 Å². The van der Waals surface area contributed by atoms with E-state index in [2.05, 4.69) is 27.4 Å². The molecule has 1 aromatic carbocycles. The van der Waals surface area contributed by atoms with Gasteiger partial charge in [0, 0.05) is 9.35 Å². The van der Waals surface area contributed by atoms with E-state index in [1.165, 1.54) is 4.88 Å². The number of thiophene rings is 1. The first-order chi connectivity index (χ1) is 7.75. The summed E-state index contributed by atoms with van der Waals surface area (Å²) in [5.41, 5.74) is 0.978. The largest absolute Gasteiger partial charge is 0.388 e. The van der Waals surface area contributed by atoms with Crippen molar-refractivity contribution in [3.63, 3.8) is 0 Å². The van der Waals surface area contributed by atoms with Crippen LogP contribution in [-0.4, -0.2) is 5.11 Å². The van der Waals surface area contributed by atoms with Gasteiger partial charge in [-0.1, -0.05) is 34.1 Å². The quantitative estimate of drug-likeness (QED) is 0.897. The van der Waals surface area contributed by atoms with Crippen LogP contribution in [0.15, 0.2) is 46.3 Å². The molecule has 1 nitrogen and oxygen atoms in total. The summed E-state index contributed by atoms with van der Waals surface area (Å²) >= 11 is 5.15. The molecule has 2 aromatic rings. The number of hydrogen-bond acceptors (Lipinski definition) is 2. The maximum absolute atomic E-state index is 10.0. The smallest absolute Gasteiger partial charge is 0.0793 e. The van der Waals surface area contributed by atoms with E-state index in [-0.39, 0.29) is 6.10 Å². The average molecular weight is 297 g/mol. The lowest BCUT2D eigenvalue weighted by Gasteiger charge is -2.10. The van der Waals surface area contributed by atoms with Crippen LogP contribution in [0.5, 0.6) is 0 Å². The molecule has 0 bridgehead atoms. The van der Waals surface area contributed by atoms with E-state index in [1.54, 1.807) is 11.3 Å².